The van der Waals surface area contributed by atoms with Gasteiger partial charge in [0.25, 0.3) is 0 Å². The van der Waals surface area contributed by atoms with E-state index in [0.29, 0.717) is 12.0 Å². The van der Waals surface area contributed by atoms with Crippen LogP contribution in [0, 0.1) is 5.92 Å². The Bertz CT molecular complexity index is 270. The molecule has 2 aliphatic heterocycles. The molecule has 0 aromatic carbocycles. The monoisotopic (exact) mass is 240 g/mol. The summed E-state index contributed by atoms with van der Waals surface area (Å²) >= 11 is 0. The number of ether oxygens (including phenoxy) is 1. The van der Waals surface area contributed by atoms with Crippen molar-refractivity contribution in [2.24, 2.45) is 5.92 Å². The SMILES string of the molecule is CC1CCNC(C(=O)NC2CCOC(C)C2)C1. The fraction of sp³-hybridized carbons (Fsp3) is 0.923. The highest BCUT2D eigenvalue weighted by atomic mass is 16.5. The van der Waals surface area contributed by atoms with Crippen molar-refractivity contribution < 1.29 is 9.53 Å². The third kappa shape index (κ3) is 3.68. The molecule has 17 heavy (non-hydrogen) atoms. The van der Waals surface area contributed by atoms with Gasteiger partial charge in [0.15, 0.2) is 0 Å². The van der Waals surface area contributed by atoms with E-state index in [2.05, 4.69) is 24.5 Å². The van der Waals surface area contributed by atoms with Crippen LogP contribution in [0.4, 0.5) is 0 Å². The molecule has 0 aromatic rings. The van der Waals surface area contributed by atoms with E-state index in [9.17, 15) is 4.79 Å². The first-order valence-electron chi connectivity index (χ1n) is 6.80. The molecule has 2 N–H and O–H groups in total. The fourth-order valence-corrected chi connectivity index (χ4v) is 2.74. The van der Waals surface area contributed by atoms with Crippen LogP contribution in [-0.2, 0) is 9.53 Å². The molecule has 0 aromatic heterocycles. The molecule has 0 aliphatic carbocycles. The van der Waals surface area contributed by atoms with Crippen molar-refractivity contribution >= 4 is 5.91 Å². The molecule has 2 rings (SSSR count). The second kappa shape index (κ2) is 5.83. The average molecular weight is 240 g/mol. The minimum atomic E-state index is 0.0110. The zero-order valence-electron chi connectivity index (χ0n) is 10.9. The van der Waals surface area contributed by atoms with Crippen LogP contribution in [0.3, 0.4) is 0 Å². The highest BCUT2D eigenvalue weighted by Gasteiger charge is 2.27. The molecule has 4 unspecified atom stereocenters. The topological polar surface area (TPSA) is 50.4 Å². The molecule has 0 bridgehead atoms. The quantitative estimate of drug-likeness (QED) is 0.759. The second-order valence-corrected chi connectivity index (χ2v) is 5.55. The number of nitrogens with one attached hydrogen (secondary N) is 2. The van der Waals surface area contributed by atoms with E-state index in [1.165, 1.54) is 6.42 Å². The Kier molecular flexibility index (Phi) is 4.40. The van der Waals surface area contributed by atoms with Gasteiger partial charge in [-0.25, -0.2) is 0 Å². The van der Waals surface area contributed by atoms with Crippen molar-refractivity contribution in [3.63, 3.8) is 0 Å². The molecular formula is C13H24N2O2. The largest absolute Gasteiger partial charge is 0.378 e. The van der Waals surface area contributed by atoms with E-state index < -0.39 is 0 Å². The Morgan fingerprint density at radius 2 is 2.12 bits per heavy atom. The maximum Gasteiger partial charge on any atom is 0.237 e. The van der Waals surface area contributed by atoms with Crippen LogP contribution in [0.5, 0.6) is 0 Å². The molecule has 98 valence electrons. The van der Waals surface area contributed by atoms with Crippen LogP contribution in [0.25, 0.3) is 0 Å². The molecule has 2 aliphatic rings. The third-order valence-corrected chi connectivity index (χ3v) is 3.81. The van der Waals surface area contributed by atoms with Gasteiger partial charge in [0, 0.05) is 12.6 Å². The second-order valence-electron chi connectivity index (χ2n) is 5.55. The number of piperidine rings is 1. The van der Waals surface area contributed by atoms with Crippen molar-refractivity contribution in [2.75, 3.05) is 13.2 Å². The van der Waals surface area contributed by atoms with Crippen LogP contribution in [-0.4, -0.2) is 37.2 Å². The first-order valence-corrected chi connectivity index (χ1v) is 6.80. The summed E-state index contributed by atoms with van der Waals surface area (Å²) in [5, 5.41) is 6.46. The summed E-state index contributed by atoms with van der Waals surface area (Å²) in [6, 6.07) is 0.308. The van der Waals surface area contributed by atoms with Crippen molar-refractivity contribution in [3.05, 3.63) is 0 Å². The molecule has 1 amide bonds. The number of hydrogen-bond donors (Lipinski definition) is 2. The average Bonchev–Trinajstić information content (AvgIpc) is 2.29. The van der Waals surface area contributed by atoms with Crippen LogP contribution < -0.4 is 10.6 Å². The lowest BCUT2D eigenvalue weighted by atomic mass is 9.93. The van der Waals surface area contributed by atoms with Gasteiger partial charge < -0.3 is 15.4 Å². The van der Waals surface area contributed by atoms with Crippen LogP contribution in [0.1, 0.15) is 39.5 Å². The van der Waals surface area contributed by atoms with E-state index in [-0.39, 0.29) is 18.1 Å². The van der Waals surface area contributed by atoms with Gasteiger partial charge in [-0.05, 0) is 45.1 Å². The lowest BCUT2D eigenvalue weighted by Crippen LogP contribution is -2.52. The predicted molar refractivity (Wildman–Crippen MR) is 66.8 cm³/mol. The summed E-state index contributed by atoms with van der Waals surface area (Å²) in [6.45, 7) is 6.01. The van der Waals surface area contributed by atoms with E-state index >= 15 is 0 Å². The van der Waals surface area contributed by atoms with Gasteiger partial charge in [-0.1, -0.05) is 6.92 Å². The fourth-order valence-electron chi connectivity index (χ4n) is 2.74. The van der Waals surface area contributed by atoms with Gasteiger partial charge >= 0.3 is 0 Å². The lowest BCUT2D eigenvalue weighted by molar-refractivity contribution is -0.125. The Morgan fingerprint density at radius 3 is 2.82 bits per heavy atom. The van der Waals surface area contributed by atoms with Crippen LogP contribution in [0.2, 0.25) is 0 Å². The molecule has 0 radical (unpaired) electrons. The first-order chi connectivity index (χ1) is 8.15. The number of hydrogen-bond acceptors (Lipinski definition) is 3. The number of rotatable bonds is 2. The molecule has 2 fully saturated rings. The molecule has 2 saturated heterocycles. The summed E-state index contributed by atoms with van der Waals surface area (Å²) in [4.78, 5) is 12.1. The maximum absolute atomic E-state index is 12.1. The molecule has 0 saturated carbocycles. The Labute approximate surface area is 103 Å². The van der Waals surface area contributed by atoms with Crippen molar-refractivity contribution in [1.82, 2.24) is 10.6 Å². The summed E-state index contributed by atoms with van der Waals surface area (Å²) in [7, 11) is 0. The van der Waals surface area contributed by atoms with Gasteiger partial charge in [-0.3, -0.25) is 4.79 Å². The van der Waals surface area contributed by atoms with Crippen LogP contribution >= 0.6 is 0 Å². The molecular weight excluding hydrogens is 216 g/mol. The molecule has 4 atom stereocenters. The standard InChI is InChI=1S/C13H24N2O2/c1-9-3-5-14-12(7-9)13(16)15-11-4-6-17-10(2)8-11/h9-12,14H,3-8H2,1-2H3,(H,15,16). The lowest BCUT2D eigenvalue weighted by Gasteiger charge is -2.32. The van der Waals surface area contributed by atoms with E-state index in [1.807, 2.05) is 0 Å². The zero-order valence-corrected chi connectivity index (χ0v) is 10.9. The summed E-state index contributed by atoms with van der Waals surface area (Å²) < 4.78 is 5.49. The van der Waals surface area contributed by atoms with Crippen molar-refractivity contribution in [3.8, 4) is 0 Å². The molecule has 0 spiro atoms. The summed E-state index contributed by atoms with van der Waals surface area (Å²) in [6.07, 6.45) is 4.29. The summed E-state index contributed by atoms with van der Waals surface area (Å²) in [5.74, 6) is 0.830. The van der Waals surface area contributed by atoms with E-state index in [0.717, 1.165) is 32.4 Å². The molecule has 4 nitrogen and oxygen atoms in total. The van der Waals surface area contributed by atoms with E-state index in [1.54, 1.807) is 0 Å². The van der Waals surface area contributed by atoms with Crippen LogP contribution in [0.15, 0.2) is 0 Å². The van der Waals surface area contributed by atoms with Gasteiger partial charge in [0.1, 0.15) is 0 Å². The first kappa shape index (κ1) is 12.8. The van der Waals surface area contributed by atoms with Gasteiger partial charge in [0.2, 0.25) is 5.91 Å². The summed E-state index contributed by atoms with van der Waals surface area (Å²) in [5.41, 5.74) is 0. The van der Waals surface area contributed by atoms with Gasteiger partial charge in [0.05, 0.1) is 12.1 Å². The molecule has 4 heteroatoms. The van der Waals surface area contributed by atoms with Gasteiger partial charge in [-0.15, -0.1) is 0 Å². The Morgan fingerprint density at radius 1 is 1.29 bits per heavy atom. The zero-order chi connectivity index (χ0) is 12.3. The highest BCUT2D eigenvalue weighted by molar-refractivity contribution is 5.82. The molecule has 2 heterocycles. The smallest absolute Gasteiger partial charge is 0.237 e. The normalized spacial score (nSPS) is 38.7. The maximum atomic E-state index is 12.1. The Balaban J connectivity index is 1.79. The number of carbonyl (C=O) groups excluding carboxylic acids is 1. The van der Waals surface area contributed by atoms with Crippen molar-refractivity contribution in [2.45, 2.75) is 57.7 Å². The predicted octanol–water partition coefficient (Wildman–Crippen LogP) is 1.06. The highest BCUT2D eigenvalue weighted by Crippen LogP contribution is 2.17. The van der Waals surface area contributed by atoms with Gasteiger partial charge in [-0.2, -0.15) is 0 Å². The number of carbonyl (C=O) groups is 1. The third-order valence-electron chi connectivity index (χ3n) is 3.81. The minimum absolute atomic E-state index is 0.0110. The van der Waals surface area contributed by atoms with Crippen molar-refractivity contribution in [1.29, 1.82) is 0 Å². The Hall–Kier alpha value is -0.610. The minimum Gasteiger partial charge on any atom is -0.378 e. The van der Waals surface area contributed by atoms with E-state index in [4.69, 9.17) is 4.74 Å². The number of amides is 1.